The van der Waals surface area contributed by atoms with Crippen LogP contribution < -0.4 is 11.1 Å². The molecule has 0 rings (SSSR count). The monoisotopic (exact) mass is 244 g/mol. The number of aliphatic hydroxyl groups excluding tert-OH is 1. The van der Waals surface area contributed by atoms with Crippen molar-refractivity contribution < 1.29 is 9.90 Å². The van der Waals surface area contributed by atoms with Crippen molar-refractivity contribution in [1.29, 1.82) is 0 Å². The van der Waals surface area contributed by atoms with Crippen molar-refractivity contribution in [3.8, 4) is 0 Å². The molecule has 0 saturated carbocycles. The summed E-state index contributed by atoms with van der Waals surface area (Å²) in [6.45, 7) is 8.36. The van der Waals surface area contributed by atoms with E-state index < -0.39 is 12.1 Å². The minimum Gasteiger partial charge on any atom is -0.391 e. The van der Waals surface area contributed by atoms with Gasteiger partial charge in [-0.2, -0.15) is 0 Å². The maximum absolute atomic E-state index is 11.7. The number of hydrogen-bond donors (Lipinski definition) is 3. The molecule has 0 heterocycles. The second kappa shape index (κ2) is 8.48. The highest BCUT2D eigenvalue weighted by Gasteiger charge is 2.21. The summed E-state index contributed by atoms with van der Waals surface area (Å²) in [7, 11) is 0. The summed E-state index contributed by atoms with van der Waals surface area (Å²) in [4.78, 5) is 11.7. The van der Waals surface area contributed by atoms with Gasteiger partial charge in [-0.05, 0) is 11.8 Å². The van der Waals surface area contributed by atoms with E-state index in [1.54, 1.807) is 0 Å². The lowest BCUT2D eigenvalue weighted by atomic mass is 9.96. The van der Waals surface area contributed by atoms with Crippen LogP contribution in [-0.4, -0.2) is 29.7 Å². The second-order valence-electron chi connectivity index (χ2n) is 4.80. The number of nitrogens with two attached hydrogens (primary N) is 1. The van der Waals surface area contributed by atoms with Gasteiger partial charge in [-0.25, -0.2) is 0 Å². The van der Waals surface area contributed by atoms with E-state index in [0.29, 0.717) is 6.54 Å². The summed E-state index contributed by atoms with van der Waals surface area (Å²) in [5.41, 5.74) is 5.80. The Morgan fingerprint density at radius 3 is 2.18 bits per heavy atom. The first-order chi connectivity index (χ1) is 7.97. The van der Waals surface area contributed by atoms with E-state index in [1.165, 1.54) is 0 Å². The van der Waals surface area contributed by atoms with Crippen molar-refractivity contribution in [1.82, 2.24) is 5.32 Å². The molecule has 0 aromatic carbocycles. The maximum atomic E-state index is 11.7. The molecule has 0 saturated heterocycles. The number of amides is 1. The quantitative estimate of drug-likeness (QED) is 0.602. The molecule has 17 heavy (non-hydrogen) atoms. The van der Waals surface area contributed by atoms with E-state index in [4.69, 9.17) is 5.73 Å². The molecule has 2 unspecified atom stereocenters. The standard InChI is InChI=1S/C13H28N2O2/c1-5-9(4)12(14)13(17)15-8-11(16)10(6-2)7-3/h9-12,16H,5-8,14H2,1-4H3,(H,15,17)/t9?,11?,12-/m0/s1. The third-order valence-corrected chi connectivity index (χ3v) is 3.64. The van der Waals surface area contributed by atoms with Crippen LogP contribution in [-0.2, 0) is 4.79 Å². The summed E-state index contributed by atoms with van der Waals surface area (Å²) in [5, 5.41) is 12.6. The average molecular weight is 244 g/mol. The zero-order valence-electron chi connectivity index (χ0n) is 11.6. The molecule has 0 aliphatic rings. The molecule has 0 aromatic heterocycles. The van der Waals surface area contributed by atoms with Gasteiger partial charge in [0.05, 0.1) is 12.1 Å². The predicted octanol–water partition coefficient (Wildman–Crippen LogP) is 1.27. The maximum Gasteiger partial charge on any atom is 0.237 e. The zero-order chi connectivity index (χ0) is 13.4. The SMILES string of the molecule is CCC(CC)C(O)CNC(=O)[C@@H](N)C(C)CC. The number of hydrogen-bond acceptors (Lipinski definition) is 3. The van der Waals surface area contributed by atoms with E-state index in [1.807, 2.05) is 27.7 Å². The van der Waals surface area contributed by atoms with Crippen LogP contribution in [0.2, 0.25) is 0 Å². The second-order valence-corrected chi connectivity index (χ2v) is 4.80. The first-order valence-electron chi connectivity index (χ1n) is 6.69. The molecular weight excluding hydrogens is 216 g/mol. The van der Waals surface area contributed by atoms with E-state index in [2.05, 4.69) is 5.32 Å². The van der Waals surface area contributed by atoms with Gasteiger partial charge in [-0.15, -0.1) is 0 Å². The molecule has 4 nitrogen and oxygen atoms in total. The molecule has 1 amide bonds. The Morgan fingerprint density at radius 1 is 1.24 bits per heavy atom. The highest BCUT2D eigenvalue weighted by atomic mass is 16.3. The first kappa shape index (κ1) is 16.4. The van der Waals surface area contributed by atoms with Crippen molar-refractivity contribution in [2.24, 2.45) is 17.6 Å². The van der Waals surface area contributed by atoms with Gasteiger partial charge in [0.2, 0.25) is 5.91 Å². The van der Waals surface area contributed by atoms with Crippen LogP contribution in [0.25, 0.3) is 0 Å². The van der Waals surface area contributed by atoms with Crippen LogP contribution >= 0.6 is 0 Å². The first-order valence-corrected chi connectivity index (χ1v) is 6.69. The van der Waals surface area contributed by atoms with Gasteiger partial charge in [0.25, 0.3) is 0 Å². The van der Waals surface area contributed by atoms with Crippen molar-refractivity contribution >= 4 is 5.91 Å². The van der Waals surface area contributed by atoms with Gasteiger partial charge < -0.3 is 16.2 Å². The Morgan fingerprint density at radius 2 is 1.76 bits per heavy atom. The zero-order valence-corrected chi connectivity index (χ0v) is 11.6. The molecule has 0 fully saturated rings. The van der Waals surface area contributed by atoms with Crippen molar-refractivity contribution in [3.05, 3.63) is 0 Å². The lowest BCUT2D eigenvalue weighted by molar-refractivity contribution is -0.124. The smallest absolute Gasteiger partial charge is 0.237 e. The fraction of sp³-hybridized carbons (Fsp3) is 0.923. The van der Waals surface area contributed by atoms with Crippen LogP contribution in [0.3, 0.4) is 0 Å². The van der Waals surface area contributed by atoms with Gasteiger partial charge >= 0.3 is 0 Å². The van der Waals surface area contributed by atoms with Crippen LogP contribution in [0.4, 0.5) is 0 Å². The van der Waals surface area contributed by atoms with Crippen molar-refractivity contribution in [3.63, 3.8) is 0 Å². The fourth-order valence-corrected chi connectivity index (χ4v) is 1.83. The third kappa shape index (κ3) is 5.50. The van der Waals surface area contributed by atoms with Crippen LogP contribution in [0.15, 0.2) is 0 Å². The molecule has 0 radical (unpaired) electrons. The summed E-state index contributed by atoms with van der Waals surface area (Å²) >= 11 is 0. The molecule has 0 aliphatic heterocycles. The Labute approximate surface area is 105 Å². The van der Waals surface area contributed by atoms with Gasteiger partial charge in [-0.3, -0.25) is 4.79 Å². The van der Waals surface area contributed by atoms with Crippen LogP contribution in [0.1, 0.15) is 47.0 Å². The van der Waals surface area contributed by atoms with E-state index in [0.717, 1.165) is 19.3 Å². The van der Waals surface area contributed by atoms with Gasteiger partial charge in [0.15, 0.2) is 0 Å². The largest absolute Gasteiger partial charge is 0.391 e. The predicted molar refractivity (Wildman–Crippen MR) is 70.5 cm³/mol. The normalized spacial score (nSPS) is 16.6. The molecule has 102 valence electrons. The molecule has 0 spiro atoms. The van der Waals surface area contributed by atoms with Crippen LogP contribution in [0, 0.1) is 11.8 Å². The molecule has 0 aromatic rings. The van der Waals surface area contributed by atoms with Crippen LogP contribution in [0.5, 0.6) is 0 Å². The summed E-state index contributed by atoms with van der Waals surface area (Å²) in [6.07, 6.45) is 2.25. The van der Waals surface area contributed by atoms with Crippen molar-refractivity contribution in [2.75, 3.05) is 6.54 Å². The Kier molecular flexibility index (Phi) is 8.17. The van der Waals surface area contributed by atoms with Gasteiger partial charge in [0, 0.05) is 6.54 Å². The average Bonchev–Trinajstić information content (AvgIpc) is 2.35. The van der Waals surface area contributed by atoms with Crippen molar-refractivity contribution in [2.45, 2.75) is 59.1 Å². The molecule has 0 aliphatic carbocycles. The van der Waals surface area contributed by atoms with E-state index in [-0.39, 0.29) is 17.7 Å². The molecule has 4 heteroatoms. The Bertz CT molecular complexity index is 217. The van der Waals surface area contributed by atoms with E-state index in [9.17, 15) is 9.90 Å². The fourth-order valence-electron chi connectivity index (χ4n) is 1.83. The van der Waals surface area contributed by atoms with Gasteiger partial charge in [0.1, 0.15) is 0 Å². The summed E-state index contributed by atoms with van der Waals surface area (Å²) < 4.78 is 0. The molecule has 3 atom stereocenters. The topological polar surface area (TPSA) is 75.3 Å². The number of carbonyl (C=O) groups excluding carboxylic acids is 1. The highest BCUT2D eigenvalue weighted by Crippen LogP contribution is 2.12. The number of carbonyl (C=O) groups is 1. The van der Waals surface area contributed by atoms with Gasteiger partial charge in [-0.1, -0.05) is 47.0 Å². The molecular formula is C13H28N2O2. The summed E-state index contributed by atoms with van der Waals surface area (Å²) in [5.74, 6) is 0.250. The number of aliphatic hydroxyl groups is 1. The van der Waals surface area contributed by atoms with E-state index >= 15 is 0 Å². The summed E-state index contributed by atoms with van der Waals surface area (Å²) in [6, 6.07) is -0.478. The lowest BCUT2D eigenvalue weighted by Crippen LogP contribution is -2.47. The minimum atomic E-state index is -0.478. The molecule has 0 bridgehead atoms. The molecule has 4 N–H and O–H groups in total. The Balaban J connectivity index is 4.06. The third-order valence-electron chi connectivity index (χ3n) is 3.64. The number of nitrogens with one attached hydrogen (secondary N) is 1. The number of rotatable bonds is 8. The Hall–Kier alpha value is -0.610. The minimum absolute atomic E-state index is 0.163. The lowest BCUT2D eigenvalue weighted by Gasteiger charge is -2.22. The highest BCUT2D eigenvalue weighted by molar-refractivity contribution is 5.81.